The fraction of sp³-hybridized carbons (Fsp3) is 0.231. The van der Waals surface area contributed by atoms with Gasteiger partial charge in [-0.2, -0.15) is 0 Å². The first kappa shape index (κ1) is 21.7. The van der Waals surface area contributed by atoms with Crippen molar-refractivity contribution in [3.05, 3.63) is 95.1 Å². The number of benzene rings is 3. The number of nitrogens with zero attached hydrogens (tertiary/aromatic N) is 1. The van der Waals surface area contributed by atoms with Gasteiger partial charge in [0.1, 0.15) is 6.23 Å². The lowest BCUT2D eigenvalue weighted by Crippen LogP contribution is -2.41. The third kappa shape index (κ3) is 4.28. The quantitative estimate of drug-likeness (QED) is 0.629. The van der Waals surface area contributed by atoms with Crippen LogP contribution in [0.3, 0.4) is 0 Å². The molecule has 0 aliphatic carbocycles. The largest absolute Gasteiger partial charge is 0.388 e. The first-order chi connectivity index (χ1) is 15.5. The molecule has 1 aliphatic rings. The molecule has 2 N–H and O–H groups in total. The van der Waals surface area contributed by atoms with Gasteiger partial charge in [-0.1, -0.05) is 36.4 Å². The van der Waals surface area contributed by atoms with Gasteiger partial charge in [0.05, 0.1) is 11.8 Å². The summed E-state index contributed by atoms with van der Waals surface area (Å²) in [4.78, 5) is 27.6. The average Bonchev–Trinajstić information content (AvgIpc) is 2.95. The summed E-state index contributed by atoms with van der Waals surface area (Å²) in [6.45, 7) is 1.89. The van der Waals surface area contributed by atoms with Gasteiger partial charge in [0.25, 0.3) is 11.8 Å². The van der Waals surface area contributed by atoms with Crippen LogP contribution in [-0.4, -0.2) is 30.3 Å². The van der Waals surface area contributed by atoms with E-state index >= 15 is 0 Å². The third-order valence-electron chi connectivity index (χ3n) is 5.80. The van der Waals surface area contributed by atoms with Crippen molar-refractivity contribution >= 4 is 23.2 Å². The van der Waals surface area contributed by atoms with E-state index in [0.29, 0.717) is 40.9 Å². The molecule has 2 atom stereocenters. The van der Waals surface area contributed by atoms with E-state index in [-0.39, 0.29) is 11.8 Å². The van der Waals surface area contributed by atoms with E-state index in [4.69, 9.17) is 4.74 Å². The SMILES string of the molecule is COC1CCC(O)c2ccccc2N1C(=O)c1ccc(NC(=O)c2ccccc2C)cc1. The lowest BCUT2D eigenvalue weighted by Gasteiger charge is -2.30. The Morgan fingerprint density at radius 3 is 2.38 bits per heavy atom. The molecular weight excluding hydrogens is 404 g/mol. The number of ether oxygens (including phenoxy) is 1. The van der Waals surface area contributed by atoms with Gasteiger partial charge in [-0.05, 0) is 61.7 Å². The molecular formula is C26H26N2O4. The molecule has 0 radical (unpaired) electrons. The predicted octanol–water partition coefficient (Wildman–Crippen LogP) is 4.69. The van der Waals surface area contributed by atoms with Crippen LogP contribution in [-0.2, 0) is 4.74 Å². The molecule has 0 bridgehead atoms. The summed E-state index contributed by atoms with van der Waals surface area (Å²) in [6.07, 6.45) is -0.117. The van der Waals surface area contributed by atoms with Crippen LogP contribution in [0.4, 0.5) is 11.4 Å². The first-order valence-corrected chi connectivity index (χ1v) is 10.6. The minimum absolute atomic E-state index is 0.197. The third-order valence-corrected chi connectivity index (χ3v) is 5.80. The molecule has 4 rings (SSSR count). The molecule has 0 saturated carbocycles. The van der Waals surface area contributed by atoms with E-state index in [9.17, 15) is 14.7 Å². The molecule has 164 valence electrons. The van der Waals surface area contributed by atoms with Gasteiger partial charge in [0.15, 0.2) is 0 Å². The predicted molar refractivity (Wildman–Crippen MR) is 124 cm³/mol. The molecule has 6 nitrogen and oxygen atoms in total. The minimum atomic E-state index is -0.652. The van der Waals surface area contributed by atoms with Gasteiger partial charge in [-0.25, -0.2) is 0 Å². The number of nitrogens with one attached hydrogen (secondary N) is 1. The Balaban J connectivity index is 1.58. The summed E-state index contributed by atoms with van der Waals surface area (Å²) in [5.41, 5.74) is 3.92. The Labute approximate surface area is 187 Å². The maximum absolute atomic E-state index is 13.5. The molecule has 32 heavy (non-hydrogen) atoms. The first-order valence-electron chi connectivity index (χ1n) is 10.6. The van der Waals surface area contributed by atoms with Crippen LogP contribution >= 0.6 is 0 Å². The van der Waals surface area contributed by atoms with Crippen molar-refractivity contribution in [2.75, 3.05) is 17.3 Å². The summed E-state index contributed by atoms with van der Waals surface area (Å²) in [5, 5.41) is 13.4. The summed E-state index contributed by atoms with van der Waals surface area (Å²) in [7, 11) is 1.56. The molecule has 3 aromatic carbocycles. The molecule has 1 aliphatic heterocycles. The van der Waals surface area contributed by atoms with Crippen molar-refractivity contribution in [1.82, 2.24) is 0 Å². The van der Waals surface area contributed by atoms with E-state index in [1.165, 1.54) is 0 Å². The topological polar surface area (TPSA) is 78.9 Å². The van der Waals surface area contributed by atoms with Gasteiger partial charge in [0.2, 0.25) is 0 Å². The molecule has 2 amide bonds. The van der Waals surface area contributed by atoms with Crippen LogP contribution in [0.15, 0.2) is 72.8 Å². The van der Waals surface area contributed by atoms with Crippen molar-refractivity contribution < 1.29 is 19.4 Å². The van der Waals surface area contributed by atoms with E-state index in [2.05, 4.69) is 5.32 Å². The fourth-order valence-electron chi connectivity index (χ4n) is 4.05. The molecule has 3 aromatic rings. The van der Waals surface area contributed by atoms with Crippen molar-refractivity contribution in [3.63, 3.8) is 0 Å². The molecule has 0 fully saturated rings. The minimum Gasteiger partial charge on any atom is -0.388 e. The molecule has 0 aromatic heterocycles. The maximum atomic E-state index is 13.5. The number of anilines is 2. The number of carbonyl (C=O) groups is 2. The lowest BCUT2D eigenvalue weighted by molar-refractivity contribution is 0.0649. The number of para-hydroxylation sites is 1. The van der Waals surface area contributed by atoms with Crippen LogP contribution in [0.2, 0.25) is 0 Å². The standard InChI is InChI=1S/C26H26N2O4/c1-17-7-3-4-8-20(17)25(30)27-19-13-11-18(12-14-19)26(31)28-22-10-6-5-9-21(22)23(29)15-16-24(28)32-2/h3-14,23-24,29H,15-16H2,1-2H3,(H,27,30). The molecule has 0 spiro atoms. The van der Waals surface area contributed by atoms with Crippen LogP contribution in [0.5, 0.6) is 0 Å². The second-order valence-corrected chi connectivity index (χ2v) is 7.86. The summed E-state index contributed by atoms with van der Waals surface area (Å²) in [6, 6.07) is 21.5. The zero-order valence-corrected chi connectivity index (χ0v) is 18.1. The number of aryl methyl sites for hydroxylation is 1. The zero-order valence-electron chi connectivity index (χ0n) is 18.1. The van der Waals surface area contributed by atoms with E-state index in [1.807, 2.05) is 49.4 Å². The Hall–Kier alpha value is -3.48. The van der Waals surface area contributed by atoms with Crippen molar-refractivity contribution in [1.29, 1.82) is 0 Å². The van der Waals surface area contributed by atoms with Crippen LogP contribution in [0.1, 0.15) is 50.8 Å². The monoisotopic (exact) mass is 430 g/mol. The number of hydrogen-bond acceptors (Lipinski definition) is 4. The Morgan fingerprint density at radius 1 is 0.969 bits per heavy atom. The highest BCUT2D eigenvalue weighted by atomic mass is 16.5. The number of methoxy groups -OCH3 is 1. The van der Waals surface area contributed by atoms with Crippen molar-refractivity contribution in [3.8, 4) is 0 Å². The lowest BCUT2D eigenvalue weighted by atomic mass is 10.0. The zero-order chi connectivity index (χ0) is 22.7. The van der Waals surface area contributed by atoms with Gasteiger partial charge in [-0.3, -0.25) is 14.5 Å². The fourth-order valence-corrected chi connectivity index (χ4v) is 4.05. The number of carbonyl (C=O) groups excluding carboxylic acids is 2. The average molecular weight is 431 g/mol. The number of hydrogen-bond donors (Lipinski definition) is 2. The van der Waals surface area contributed by atoms with Crippen molar-refractivity contribution in [2.24, 2.45) is 0 Å². The van der Waals surface area contributed by atoms with Crippen LogP contribution < -0.4 is 10.2 Å². The number of aliphatic hydroxyl groups is 1. The van der Waals surface area contributed by atoms with Gasteiger partial charge in [0, 0.05) is 29.5 Å². The second kappa shape index (κ2) is 9.34. The number of amides is 2. The highest BCUT2D eigenvalue weighted by Crippen LogP contribution is 2.36. The van der Waals surface area contributed by atoms with Crippen LogP contribution in [0.25, 0.3) is 0 Å². The highest BCUT2D eigenvalue weighted by Gasteiger charge is 2.33. The molecule has 1 heterocycles. The molecule has 0 saturated heterocycles. The number of fused-ring (bicyclic) bond motifs is 1. The number of aliphatic hydroxyl groups excluding tert-OH is 1. The normalized spacial score (nSPS) is 17.9. The van der Waals surface area contributed by atoms with Gasteiger partial charge in [-0.15, -0.1) is 0 Å². The van der Waals surface area contributed by atoms with Gasteiger partial charge >= 0.3 is 0 Å². The summed E-state index contributed by atoms with van der Waals surface area (Å²) >= 11 is 0. The molecule has 6 heteroatoms. The van der Waals surface area contributed by atoms with E-state index in [0.717, 1.165) is 5.56 Å². The van der Waals surface area contributed by atoms with Crippen molar-refractivity contribution in [2.45, 2.75) is 32.1 Å². The second-order valence-electron chi connectivity index (χ2n) is 7.86. The highest BCUT2D eigenvalue weighted by molar-refractivity contribution is 6.08. The summed E-state index contributed by atoms with van der Waals surface area (Å²) in [5.74, 6) is -0.424. The van der Waals surface area contributed by atoms with E-state index in [1.54, 1.807) is 42.3 Å². The Morgan fingerprint density at radius 2 is 1.66 bits per heavy atom. The molecule has 2 unspecified atom stereocenters. The maximum Gasteiger partial charge on any atom is 0.260 e. The Bertz CT molecular complexity index is 1130. The van der Waals surface area contributed by atoms with Crippen LogP contribution in [0, 0.1) is 6.92 Å². The smallest absolute Gasteiger partial charge is 0.260 e. The number of rotatable bonds is 4. The van der Waals surface area contributed by atoms with E-state index < -0.39 is 12.3 Å². The Kier molecular flexibility index (Phi) is 6.35. The summed E-state index contributed by atoms with van der Waals surface area (Å²) < 4.78 is 5.61. The van der Waals surface area contributed by atoms with Gasteiger partial charge < -0.3 is 15.2 Å².